The standard InChI is InChI=1S/C29H36FN3O6S/c1-20-17-33(21(2)19-34)40(37,38)27-10-9-22(11-14-29(36)12-4-5-13-29)15-25(27)39-26(20)18-32(3)28(35)31-24-8-6-7-23(30)16-24/h6-10,15-16,20-21,26,34,36H,4-5,12-13,17-19H2,1-3H3,(H,31,35)/t20-,21-,26-/m1/s1. The summed E-state index contributed by atoms with van der Waals surface area (Å²) in [6, 6.07) is 8.92. The van der Waals surface area contributed by atoms with Gasteiger partial charge >= 0.3 is 6.03 Å². The zero-order valence-electron chi connectivity index (χ0n) is 22.9. The van der Waals surface area contributed by atoms with Crippen LogP contribution in [0.2, 0.25) is 0 Å². The molecule has 1 heterocycles. The van der Waals surface area contributed by atoms with Crippen LogP contribution in [0.15, 0.2) is 47.4 Å². The van der Waals surface area contributed by atoms with Crippen LogP contribution in [0.3, 0.4) is 0 Å². The Labute approximate surface area is 235 Å². The van der Waals surface area contributed by atoms with Crippen molar-refractivity contribution in [1.29, 1.82) is 0 Å². The molecule has 1 aliphatic carbocycles. The van der Waals surface area contributed by atoms with Gasteiger partial charge in [-0.25, -0.2) is 17.6 Å². The summed E-state index contributed by atoms with van der Waals surface area (Å²) in [5.41, 5.74) is -0.269. The van der Waals surface area contributed by atoms with E-state index in [2.05, 4.69) is 17.2 Å². The number of hydrogen-bond acceptors (Lipinski definition) is 6. The van der Waals surface area contributed by atoms with Crippen LogP contribution in [0.1, 0.15) is 45.1 Å². The molecule has 3 N–H and O–H groups in total. The van der Waals surface area contributed by atoms with E-state index in [9.17, 15) is 27.8 Å². The minimum Gasteiger partial charge on any atom is -0.487 e. The van der Waals surface area contributed by atoms with Gasteiger partial charge < -0.3 is 25.2 Å². The van der Waals surface area contributed by atoms with E-state index in [1.165, 1.54) is 39.5 Å². The van der Waals surface area contributed by atoms with Gasteiger partial charge in [-0.3, -0.25) is 0 Å². The van der Waals surface area contributed by atoms with Crippen LogP contribution in [-0.2, 0) is 10.0 Å². The van der Waals surface area contributed by atoms with Gasteiger partial charge in [-0.05, 0) is 69.0 Å². The average Bonchev–Trinajstić information content (AvgIpc) is 3.35. The molecule has 2 aromatic rings. The smallest absolute Gasteiger partial charge is 0.321 e. The molecule has 1 aliphatic heterocycles. The maximum atomic E-state index is 13.7. The largest absolute Gasteiger partial charge is 0.487 e. The van der Waals surface area contributed by atoms with E-state index in [0.717, 1.165) is 12.8 Å². The van der Waals surface area contributed by atoms with Crippen molar-refractivity contribution in [2.75, 3.05) is 32.1 Å². The Morgan fingerprint density at radius 1 is 1.27 bits per heavy atom. The maximum Gasteiger partial charge on any atom is 0.321 e. The number of nitrogens with one attached hydrogen (secondary N) is 1. The molecule has 3 atom stereocenters. The SMILES string of the molecule is C[C@@H]1CN([C@H](C)CO)S(=O)(=O)c2ccc(C#CC3(O)CCCC3)cc2O[C@@H]1CN(C)C(=O)Nc1cccc(F)c1. The van der Waals surface area contributed by atoms with Crippen molar-refractivity contribution in [3.63, 3.8) is 0 Å². The fourth-order valence-corrected chi connectivity index (χ4v) is 6.76. The van der Waals surface area contributed by atoms with Gasteiger partial charge in [0.25, 0.3) is 0 Å². The normalized spacial score (nSPS) is 22.4. The zero-order valence-corrected chi connectivity index (χ0v) is 23.7. The lowest BCUT2D eigenvalue weighted by molar-refractivity contribution is 0.0830. The van der Waals surface area contributed by atoms with Crippen molar-refractivity contribution in [3.8, 4) is 17.6 Å². The number of rotatable bonds is 5. The number of sulfonamides is 1. The molecule has 9 nitrogen and oxygen atoms in total. The molecule has 0 saturated heterocycles. The van der Waals surface area contributed by atoms with Crippen molar-refractivity contribution < 1.29 is 32.6 Å². The van der Waals surface area contributed by atoms with Crippen LogP contribution in [0.25, 0.3) is 0 Å². The van der Waals surface area contributed by atoms with Crippen molar-refractivity contribution in [3.05, 3.63) is 53.8 Å². The molecule has 216 valence electrons. The van der Waals surface area contributed by atoms with Gasteiger partial charge in [0.2, 0.25) is 10.0 Å². The highest BCUT2D eigenvalue weighted by Gasteiger charge is 2.38. The van der Waals surface area contributed by atoms with Crippen LogP contribution < -0.4 is 10.1 Å². The van der Waals surface area contributed by atoms with Crippen LogP contribution in [0.5, 0.6) is 5.75 Å². The van der Waals surface area contributed by atoms with Crippen molar-refractivity contribution in [2.24, 2.45) is 5.92 Å². The molecule has 0 aromatic heterocycles. The molecule has 11 heteroatoms. The van der Waals surface area contributed by atoms with Gasteiger partial charge in [-0.1, -0.05) is 24.8 Å². The highest BCUT2D eigenvalue weighted by atomic mass is 32.2. The van der Waals surface area contributed by atoms with Crippen LogP contribution in [-0.4, -0.2) is 78.4 Å². The molecule has 0 bridgehead atoms. The Bertz CT molecular complexity index is 1400. The van der Waals surface area contributed by atoms with E-state index < -0.39 is 39.6 Å². The number of benzene rings is 2. The number of amides is 2. The summed E-state index contributed by atoms with van der Waals surface area (Å²) < 4.78 is 48.5. The number of carbonyl (C=O) groups excluding carboxylic acids is 1. The second kappa shape index (κ2) is 12.1. The molecular weight excluding hydrogens is 537 g/mol. The Hall–Kier alpha value is -3.17. The van der Waals surface area contributed by atoms with Gasteiger partial charge in [-0.2, -0.15) is 4.31 Å². The summed E-state index contributed by atoms with van der Waals surface area (Å²) in [4.78, 5) is 14.2. The number of anilines is 1. The number of nitrogens with zero attached hydrogens (tertiary/aromatic N) is 2. The first-order chi connectivity index (χ1) is 18.9. The molecule has 0 spiro atoms. The summed E-state index contributed by atoms with van der Waals surface area (Å²) in [5.74, 6) is 5.12. The van der Waals surface area contributed by atoms with E-state index in [-0.39, 0.29) is 36.3 Å². The number of urea groups is 1. The summed E-state index contributed by atoms with van der Waals surface area (Å²) >= 11 is 0. The number of aliphatic hydroxyl groups excluding tert-OH is 1. The fraction of sp³-hybridized carbons (Fsp3) is 0.483. The number of hydrogen-bond donors (Lipinski definition) is 3. The molecule has 0 radical (unpaired) electrons. The molecule has 40 heavy (non-hydrogen) atoms. The zero-order chi connectivity index (χ0) is 29.1. The first-order valence-electron chi connectivity index (χ1n) is 13.4. The Kier molecular flexibility index (Phi) is 9.05. The van der Waals surface area contributed by atoms with Crippen LogP contribution in [0, 0.1) is 23.6 Å². The lowest BCUT2D eigenvalue weighted by Gasteiger charge is -2.37. The fourth-order valence-electron chi connectivity index (χ4n) is 4.93. The van der Waals surface area contributed by atoms with Gasteiger partial charge in [0.15, 0.2) is 0 Å². The van der Waals surface area contributed by atoms with E-state index in [1.54, 1.807) is 26.1 Å². The monoisotopic (exact) mass is 573 g/mol. The van der Waals surface area contributed by atoms with Gasteiger partial charge in [-0.15, -0.1) is 0 Å². The second-order valence-corrected chi connectivity index (χ2v) is 12.6. The number of fused-ring (bicyclic) bond motifs is 1. The molecule has 2 aliphatic rings. The quantitative estimate of drug-likeness (QED) is 0.472. The lowest BCUT2D eigenvalue weighted by Crippen LogP contribution is -2.50. The summed E-state index contributed by atoms with van der Waals surface area (Å²) in [6.45, 7) is 3.23. The Balaban J connectivity index is 1.65. The number of ether oxygens (including phenoxy) is 1. The van der Waals surface area contributed by atoms with Crippen molar-refractivity contribution in [2.45, 2.75) is 62.2 Å². The molecule has 2 amide bonds. The number of aliphatic hydroxyl groups is 2. The maximum absolute atomic E-state index is 13.7. The molecule has 1 fully saturated rings. The minimum absolute atomic E-state index is 0.0577. The third kappa shape index (κ3) is 6.75. The van der Waals surface area contributed by atoms with E-state index in [4.69, 9.17) is 4.74 Å². The van der Waals surface area contributed by atoms with Gasteiger partial charge in [0.1, 0.15) is 28.2 Å². The predicted octanol–water partition coefficient (Wildman–Crippen LogP) is 3.41. The van der Waals surface area contributed by atoms with E-state index >= 15 is 0 Å². The lowest BCUT2D eigenvalue weighted by atomic mass is 10.0. The van der Waals surface area contributed by atoms with Crippen LogP contribution in [0.4, 0.5) is 14.9 Å². The average molecular weight is 574 g/mol. The third-order valence-electron chi connectivity index (χ3n) is 7.41. The van der Waals surface area contributed by atoms with Crippen LogP contribution >= 0.6 is 0 Å². The van der Waals surface area contributed by atoms with Gasteiger partial charge in [0.05, 0.1) is 13.2 Å². The first-order valence-corrected chi connectivity index (χ1v) is 14.8. The minimum atomic E-state index is -4.04. The number of carbonyl (C=O) groups is 1. The highest BCUT2D eigenvalue weighted by molar-refractivity contribution is 7.89. The Morgan fingerprint density at radius 2 is 2.00 bits per heavy atom. The van der Waals surface area contributed by atoms with Crippen molar-refractivity contribution in [1.82, 2.24) is 9.21 Å². The topological polar surface area (TPSA) is 119 Å². The molecular formula is C29H36FN3O6S. The summed E-state index contributed by atoms with van der Waals surface area (Å²) in [6.07, 6.45) is 2.35. The van der Waals surface area contributed by atoms with Gasteiger partial charge in [0, 0.05) is 36.8 Å². The predicted molar refractivity (Wildman–Crippen MR) is 149 cm³/mol. The summed E-state index contributed by atoms with van der Waals surface area (Å²) in [5, 5.41) is 23.1. The third-order valence-corrected chi connectivity index (χ3v) is 9.43. The molecule has 0 unspecified atom stereocenters. The molecule has 4 rings (SSSR count). The number of halogens is 1. The first kappa shape index (κ1) is 29.8. The van der Waals surface area contributed by atoms with E-state index in [1.807, 2.05) is 6.92 Å². The Morgan fingerprint density at radius 3 is 2.67 bits per heavy atom. The second-order valence-electron chi connectivity index (χ2n) is 10.7. The van der Waals surface area contributed by atoms with E-state index in [0.29, 0.717) is 24.1 Å². The summed E-state index contributed by atoms with van der Waals surface area (Å²) in [7, 11) is -2.47. The molecule has 2 aromatic carbocycles. The highest BCUT2D eigenvalue weighted by Crippen LogP contribution is 2.34. The molecule has 1 saturated carbocycles. The van der Waals surface area contributed by atoms with Crippen molar-refractivity contribution >= 4 is 21.7 Å². The number of likely N-dealkylation sites (N-methyl/N-ethyl adjacent to an activating group) is 1.